The van der Waals surface area contributed by atoms with Crippen LogP contribution < -0.4 is 5.32 Å². The quantitative estimate of drug-likeness (QED) is 0.581. The minimum atomic E-state index is -2.89. The molecule has 134 valence electrons. The van der Waals surface area contributed by atoms with E-state index in [0.29, 0.717) is 29.1 Å². The van der Waals surface area contributed by atoms with Gasteiger partial charge in [-0.1, -0.05) is 6.07 Å². The van der Waals surface area contributed by atoms with Crippen molar-refractivity contribution < 1.29 is 13.2 Å². The summed E-state index contributed by atoms with van der Waals surface area (Å²) in [7, 11) is 0. The number of aromatic nitrogens is 2. The normalized spacial score (nSPS) is 11.0. The Balaban J connectivity index is 1.91. The SMILES string of the molecule is Cc1csc(CNc2cc(-c3ccc(F)c(C(F)F)c3)cnc2C=N)n1. The molecule has 0 aliphatic carbocycles. The van der Waals surface area contributed by atoms with E-state index in [1.54, 1.807) is 6.07 Å². The van der Waals surface area contributed by atoms with Gasteiger partial charge in [-0.15, -0.1) is 11.3 Å². The van der Waals surface area contributed by atoms with Crippen LogP contribution >= 0.6 is 11.3 Å². The summed E-state index contributed by atoms with van der Waals surface area (Å²) in [6, 6.07) is 5.27. The standard InChI is InChI=1S/C18H15F3N4S/c1-10-9-26-17(25-10)8-24-15-5-12(7-23-16(15)6-22)11-2-3-14(19)13(4-11)18(20)21/h2-7,9,18,22,24H,8H2,1H3. The van der Waals surface area contributed by atoms with Gasteiger partial charge in [0.2, 0.25) is 0 Å². The molecule has 3 rings (SSSR count). The molecule has 0 saturated heterocycles. The topological polar surface area (TPSA) is 61.7 Å². The third-order valence-electron chi connectivity index (χ3n) is 3.72. The van der Waals surface area contributed by atoms with Gasteiger partial charge in [0.05, 0.1) is 17.8 Å². The lowest BCUT2D eigenvalue weighted by Gasteiger charge is -2.11. The molecule has 2 N–H and O–H groups in total. The van der Waals surface area contributed by atoms with Crippen molar-refractivity contribution in [3.8, 4) is 11.1 Å². The van der Waals surface area contributed by atoms with Crippen molar-refractivity contribution in [2.45, 2.75) is 19.9 Å². The zero-order chi connectivity index (χ0) is 18.7. The van der Waals surface area contributed by atoms with Gasteiger partial charge in [-0.05, 0) is 30.7 Å². The van der Waals surface area contributed by atoms with Crippen LogP contribution in [0.25, 0.3) is 11.1 Å². The number of anilines is 1. The molecule has 0 aliphatic rings. The Morgan fingerprint density at radius 2 is 2.08 bits per heavy atom. The molecule has 0 radical (unpaired) electrons. The number of nitrogens with zero attached hydrogens (tertiary/aromatic N) is 2. The minimum Gasteiger partial charge on any atom is -0.377 e. The van der Waals surface area contributed by atoms with Crippen molar-refractivity contribution >= 4 is 23.2 Å². The van der Waals surface area contributed by atoms with E-state index in [1.165, 1.54) is 23.6 Å². The molecule has 0 unspecified atom stereocenters. The van der Waals surface area contributed by atoms with E-state index in [2.05, 4.69) is 15.3 Å². The Hall–Kier alpha value is -2.74. The van der Waals surface area contributed by atoms with Crippen LogP contribution in [0.5, 0.6) is 0 Å². The number of hydrogen-bond donors (Lipinski definition) is 2. The maximum Gasteiger partial charge on any atom is 0.266 e. The van der Waals surface area contributed by atoms with Gasteiger partial charge in [0.15, 0.2) is 0 Å². The third kappa shape index (κ3) is 3.91. The molecular weight excluding hydrogens is 361 g/mol. The smallest absolute Gasteiger partial charge is 0.266 e. The lowest BCUT2D eigenvalue weighted by molar-refractivity contribution is 0.146. The number of alkyl halides is 2. The average Bonchev–Trinajstić information content (AvgIpc) is 3.05. The van der Waals surface area contributed by atoms with Crippen molar-refractivity contribution in [3.05, 3.63) is 63.6 Å². The van der Waals surface area contributed by atoms with E-state index in [1.807, 2.05) is 12.3 Å². The average molecular weight is 376 g/mol. The van der Waals surface area contributed by atoms with E-state index >= 15 is 0 Å². The molecule has 0 bridgehead atoms. The molecule has 8 heteroatoms. The largest absolute Gasteiger partial charge is 0.377 e. The van der Waals surface area contributed by atoms with Gasteiger partial charge in [-0.2, -0.15) is 0 Å². The number of hydrogen-bond acceptors (Lipinski definition) is 5. The molecule has 4 nitrogen and oxygen atoms in total. The second-order valence-electron chi connectivity index (χ2n) is 5.57. The first-order chi connectivity index (χ1) is 12.5. The van der Waals surface area contributed by atoms with Crippen LogP contribution in [0.3, 0.4) is 0 Å². The molecule has 2 heterocycles. The van der Waals surface area contributed by atoms with Crippen LogP contribution in [0, 0.1) is 18.2 Å². The molecule has 26 heavy (non-hydrogen) atoms. The van der Waals surface area contributed by atoms with Gasteiger partial charge in [-0.3, -0.25) is 4.98 Å². The van der Waals surface area contributed by atoms with Crippen LogP contribution in [0.4, 0.5) is 18.9 Å². The van der Waals surface area contributed by atoms with Crippen molar-refractivity contribution in [1.29, 1.82) is 5.41 Å². The maximum absolute atomic E-state index is 13.5. The maximum atomic E-state index is 13.5. The third-order valence-corrected chi connectivity index (χ3v) is 4.68. The number of rotatable bonds is 6. The molecule has 2 aromatic heterocycles. The first-order valence-electron chi connectivity index (χ1n) is 7.71. The summed E-state index contributed by atoms with van der Waals surface area (Å²) in [6.45, 7) is 2.36. The van der Waals surface area contributed by atoms with E-state index in [-0.39, 0.29) is 0 Å². The molecule has 3 aromatic rings. The minimum absolute atomic E-state index is 0.415. The van der Waals surface area contributed by atoms with Gasteiger partial charge in [-0.25, -0.2) is 18.2 Å². The number of thiazole rings is 1. The lowest BCUT2D eigenvalue weighted by Crippen LogP contribution is -2.04. The highest BCUT2D eigenvalue weighted by Gasteiger charge is 2.15. The summed E-state index contributed by atoms with van der Waals surface area (Å²) in [6.07, 6.45) is -0.315. The first kappa shape index (κ1) is 18.1. The lowest BCUT2D eigenvalue weighted by atomic mass is 10.0. The summed E-state index contributed by atoms with van der Waals surface area (Å²) in [5, 5.41) is 13.5. The molecule has 0 atom stereocenters. The van der Waals surface area contributed by atoms with Crippen molar-refractivity contribution in [1.82, 2.24) is 9.97 Å². The molecule has 1 aromatic carbocycles. The van der Waals surface area contributed by atoms with Gasteiger partial charge in [0.1, 0.15) is 16.5 Å². The Labute approximate surface area is 152 Å². The van der Waals surface area contributed by atoms with E-state index in [0.717, 1.165) is 29.0 Å². The molecule has 0 saturated carbocycles. The van der Waals surface area contributed by atoms with Crippen LogP contribution in [0.2, 0.25) is 0 Å². The van der Waals surface area contributed by atoms with Gasteiger partial charge in [0.25, 0.3) is 6.43 Å². The van der Waals surface area contributed by atoms with E-state index in [4.69, 9.17) is 5.41 Å². The Morgan fingerprint density at radius 1 is 1.27 bits per heavy atom. The molecule has 0 spiro atoms. The Morgan fingerprint density at radius 3 is 2.73 bits per heavy atom. The molecule has 0 aliphatic heterocycles. The number of aryl methyl sites for hydroxylation is 1. The van der Waals surface area contributed by atoms with Gasteiger partial charge in [0, 0.05) is 29.0 Å². The fraction of sp³-hybridized carbons (Fsp3) is 0.167. The Kier molecular flexibility index (Phi) is 5.32. The number of benzene rings is 1. The predicted octanol–water partition coefficient (Wildman–Crippen LogP) is 5.20. The second kappa shape index (κ2) is 7.65. The monoisotopic (exact) mass is 376 g/mol. The molecule has 0 amide bonds. The van der Waals surface area contributed by atoms with Gasteiger partial charge < -0.3 is 10.7 Å². The van der Waals surface area contributed by atoms with Crippen molar-refractivity contribution in [2.75, 3.05) is 5.32 Å². The summed E-state index contributed by atoms with van der Waals surface area (Å²) in [4.78, 5) is 8.54. The highest BCUT2D eigenvalue weighted by Crippen LogP contribution is 2.29. The summed E-state index contributed by atoms with van der Waals surface area (Å²) >= 11 is 1.51. The highest BCUT2D eigenvalue weighted by molar-refractivity contribution is 7.09. The first-order valence-corrected chi connectivity index (χ1v) is 8.59. The number of nitrogens with one attached hydrogen (secondary N) is 2. The fourth-order valence-electron chi connectivity index (χ4n) is 2.44. The predicted molar refractivity (Wildman–Crippen MR) is 96.7 cm³/mol. The molecule has 0 fully saturated rings. The Bertz CT molecular complexity index is 940. The zero-order valence-electron chi connectivity index (χ0n) is 13.8. The number of halogens is 3. The van der Waals surface area contributed by atoms with Crippen LogP contribution in [-0.2, 0) is 6.54 Å². The van der Waals surface area contributed by atoms with E-state index < -0.39 is 17.8 Å². The van der Waals surface area contributed by atoms with Crippen LogP contribution in [0.1, 0.15) is 28.4 Å². The second-order valence-corrected chi connectivity index (χ2v) is 6.52. The molecular formula is C18H15F3N4S. The number of pyridine rings is 1. The zero-order valence-corrected chi connectivity index (χ0v) is 14.6. The summed E-state index contributed by atoms with van der Waals surface area (Å²) in [5.74, 6) is -0.940. The van der Waals surface area contributed by atoms with Crippen LogP contribution in [-0.4, -0.2) is 16.2 Å². The highest BCUT2D eigenvalue weighted by atomic mass is 32.1. The van der Waals surface area contributed by atoms with Crippen molar-refractivity contribution in [3.63, 3.8) is 0 Å². The van der Waals surface area contributed by atoms with Crippen LogP contribution in [0.15, 0.2) is 35.8 Å². The summed E-state index contributed by atoms with van der Waals surface area (Å²) < 4.78 is 39.4. The van der Waals surface area contributed by atoms with Crippen molar-refractivity contribution in [2.24, 2.45) is 0 Å². The van der Waals surface area contributed by atoms with Gasteiger partial charge >= 0.3 is 0 Å². The fourth-order valence-corrected chi connectivity index (χ4v) is 3.15. The summed E-state index contributed by atoms with van der Waals surface area (Å²) in [5.41, 5.74) is 2.25. The van der Waals surface area contributed by atoms with E-state index in [9.17, 15) is 13.2 Å².